The van der Waals surface area contributed by atoms with Crippen LogP contribution in [0.2, 0.25) is 0 Å². The second-order valence-corrected chi connectivity index (χ2v) is 6.58. The van der Waals surface area contributed by atoms with E-state index in [0.29, 0.717) is 12.2 Å². The van der Waals surface area contributed by atoms with E-state index in [0.717, 1.165) is 30.2 Å². The Kier molecular flexibility index (Phi) is 9.89. The molecule has 164 valence electrons. The number of hydrogen-bond donors (Lipinski definition) is 3. The molecule has 1 amide bonds. The summed E-state index contributed by atoms with van der Waals surface area (Å²) in [4.78, 5) is 16.3. The van der Waals surface area contributed by atoms with Crippen molar-refractivity contribution < 1.29 is 13.9 Å². The fraction of sp³-hybridized carbons (Fsp3) is 0.217. The lowest BCUT2D eigenvalue weighted by Crippen LogP contribution is -2.37. The minimum Gasteiger partial charge on any atom is -0.497 e. The van der Waals surface area contributed by atoms with Crippen molar-refractivity contribution in [2.75, 3.05) is 26.0 Å². The van der Waals surface area contributed by atoms with Gasteiger partial charge in [0.2, 0.25) is 0 Å². The van der Waals surface area contributed by atoms with Crippen molar-refractivity contribution in [3.05, 3.63) is 83.8 Å². The van der Waals surface area contributed by atoms with Crippen LogP contribution < -0.4 is 20.7 Å². The van der Waals surface area contributed by atoms with Gasteiger partial charge >= 0.3 is 0 Å². The molecule has 1 aromatic heterocycles. The van der Waals surface area contributed by atoms with E-state index in [1.165, 1.54) is 11.8 Å². The Bertz CT molecular complexity index is 956. The maximum Gasteiger partial charge on any atom is 0.291 e. The van der Waals surface area contributed by atoms with Crippen molar-refractivity contribution in [3.8, 4) is 5.75 Å². The maximum absolute atomic E-state index is 12.0. The summed E-state index contributed by atoms with van der Waals surface area (Å²) in [7, 11) is 3.41. The molecule has 0 atom stereocenters. The number of rotatable bonds is 8. The van der Waals surface area contributed by atoms with Crippen LogP contribution in [-0.2, 0) is 13.0 Å². The molecule has 3 rings (SSSR count). The molecule has 2 aromatic carbocycles. The summed E-state index contributed by atoms with van der Waals surface area (Å²) < 4.78 is 10.3. The van der Waals surface area contributed by atoms with Crippen LogP contribution in [0, 0.1) is 0 Å². The molecule has 31 heavy (non-hydrogen) atoms. The van der Waals surface area contributed by atoms with Gasteiger partial charge in [0.15, 0.2) is 11.7 Å². The van der Waals surface area contributed by atoms with Crippen LogP contribution in [0.15, 0.2) is 76.3 Å². The van der Waals surface area contributed by atoms with Gasteiger partial charge in [-0.05, 0) is 53.9 Å². The van der Waals surface area contributed by atoms with Gasteiger partial charge in [-0.25, -0.2) is 0 Å². The highest BCUT2D eigenvalue weighted by Crippen LogP contribution is 2.12. The number of anilines is 1. The first-order chi connectivity index (χ1) is 14.7. The molecule has 3 aromatic rings. The summed E-state index contributed by atoms with van der Waals surface area (Å²) >= 11 is 0. The van der Waals surface area contributed by atoms with E-state index in [1.807, 2.05) is 36.4 Å². The van der Waals surface area contributed by atoms with Crippen molar-refractivity contribution in [3.63, 3.8) is 0 Å². The van der Waals surface area contributed by atoms with Crippen molar-refractivity contribution >= 4 is 41.5 Å². The molecular formula is C23H27IN4O3. The van der Waals surface area contributed by atoms with Gasteiger partial charge in [0.05, 0.1) is 13.4 Å². The number of methoxy groups -OCH3 is 1. The molecule has 0 aliphatic carbocycles. The van der Waals surface area contributed by atoms with Gasteiger partial charge in [0.25, 0.3) is 5.91 Å². The van der Waals surface area contributed by atoms with Crippen molar-refractivity contribution in [2.45, 2.75) is 13.0 Å². The number of nitrogens with one attached hydrogen (secondary N) is 3. The highest BCUT2D eigenvalue weighted by molar-refractivity contribution is 14.0. The average molecular weight is 534 g/mol. The highest BCUT2D eigenvalue weighted by Gasteiger charge is 2.08. The summed E-state index contributed by atoms with van der Waals surface area (Å²) in [6, 6.07) is 19.0. The molecule has 0 radical (unpaired) electrons. The van der Waals surface area contributed by atoms with Crippen LogP contribution in [0.5, 0.6) is 5.75 Å². The molecule has 3 N–H and O–H groups in total. The predicted octanol–water partition coefficient (Wildman–Crippen LogP) is 4.07. The van der Waals surface area contributed by atoms with Gasteiger partial charge in [-0.2, -0.15) is 0 Å². The number of nitrogens with zero attached hydrogens (tertiary/aromatic N) is 1. The smallest absolute Gasteiger partial charge is 0.291 e. The molecule has 0 unspecified atom stereocenters. The topological polar surface area (TPSA) is 87.9 Å². The first-order valence-corrected chi connectivity index (χ1v) is 9.69. The number of furan rings is 1. The minimum absolute atomic E-state index is 0. The Morgan fingerprint density at radius 3 is 2.32 bits per heavy atom. The summed E-state index contributed by atoms with van der Waals surface area (Å²) in [5.74, 6) is 1.60. The molecule has 0 aliphatic heterocycles. The number of guanidine groups is 1. The number of hydrogen-bond acceptors (Lipinski definition) is 4. The number of benzene rings is 2. The van der Waals surface area contributed by atoms with Crippen molar-refractivity contribution in [2.24, 2.45) is 4.99 Å². The second-order valence-electron chi connectivity index (χ2n) is 6.58. The van der Waals surface area contributed by atoms with Crippen LogP contribution in [0.4, 0.5) is 5.69 Å². The molecule has 0 aliphatic rings. The van der Waals surface area contributed by atoms with Crippen LogP contribution in [-0.4, -0.2) is 32.6 Å². The fourth-order valence-electron chi connectivity index (χ4n) is 2.83. The van der Waals surface area contributed by atoms with Gasteiger partial charge in [-0.15, -0.1) is 24.0 Å². The summed E-state index contributed by atoms with van der Waals surface area (Å²) in [5.41, 5.74) is 3.01. The largest absolute Gasteiger partial charge is 0.497 e. The van der Waals surface area contributed by atoms with E-state index in [-0.39, 0.29) is 35.6 Å². The van der Waals surface area contributed by atoms with E-state index < -0.39 is 0 Å². The number of aliphatic imine (C=N–C) groups is 1. The Labute approximate surface area is 199 Å². The number of carbonyl (C=O) groups excluding carboxylic acids is 1. The quantitative estimate of drug-likeness (QED) is 0.231. The van der Waals surface area contributed by atoms with Gasteiger partial charge in [0, 0.05) is 25.8 Å². The van der Waals surface area contributed by atoms with E-state index in [9.17, 15) is 4.79 Å². The molecule has 8 heteroatoms. The number of carbonyl (C=O) groups is 1. The van der Waals surface area contributed by atoms with Crippen LogP contribution in [0.1, 0.15) is 21.7 Å². The van der Waals surface area contributed by atoms with Gasteiger partial charge in [-0.3, -0.25) is 9.79 Å². The molecule has 0 fully saturated rings. The Hall–Kier alpha value is -3.01. The van der Waals surface area contributed by atoms with Crippen molar-refractivity contribution in [1.29, 1.82) is 0 Å². The number of halogens is 1. The lowest BCUT2D eigenvalue weighted by Gasteiger charge is -2.12. The van der Waals surface area contributed by atoms with E-state index >= 15 is 0 Å². The first kappa shape index (κ1) is 24.3. The zero-order valence-electron chi connectivity index (χ0n) is 17.6. The third-order valence-corrected chi connectivity index (χ3v) is 4.51. The zero-order valence-corrected chi connectivity index (χ0v) is 19.9. The van der Waals surface area contributed by atoms with E-state index in [4.69, 9.17) is 9.15 Å². The average Bonchev–Trinajstić information content (AvgIpc) is 3.33. The van der Waals surface area contributed by atoms with Crippen LogP contribution in [0.25, 0.3) is 0 Å². The molecule has 7 nitrogen and oxygen atoms in total. The molecule has 1 heterocycles. The number of amides is 1. The third kappa shape index (κ3) is 7.63. The summed E-state index contributed by atoms with van der Waals surface area (Å²) in [5, 5.41) is 9.40. The lowest BCUT2D eigenvalue weighted by molar-refractivity contribution is 0.0996. The Balaban J connectivity index is 0.00000341. The van der Waals surface area contributed by atoms with Gasteiger partial charge in [0.1, 0.15) is 5.75 Å². The standard InChI is InChI=1S/C23H26N4O3.HI/c1-24-23(25-14-13-17-7-11-20(29-2)12-8-17)26-16-18-5-9-19(10-6-18)27-22(28)21-4-3-15-30-21;/h3-12,15H,13-14,16H2,1-2H3,(H,27,28)(H2,24,25,26);1H. The van der Waals surface area contributed by atoms with Crippen molar-refractivity contribution in [1.82, 2.24) is 10.6 Å². The third-order valence-electron chi connectivity index (χ3n) is 4.51. The normalized spacial score (nSPS) is 10.7. The summed E-state index contributed by atoms with van der Waals surface area (Å²) in [6.07, 6.45) is 2.36. The number of ether oxygens (including phenoxy) is 1. The fourth-order valence-corrected chi connectivity index (χ4v) is 2.83. The zero-order chi connectivity index (χ0) is 21.2. The maximum atomic E-state index is 12.0. The highest BCUT2D eigenvalue weighted by atomic mass is 127. The second kappa shape index (κ2) is 12.6. The van der Waals surface area contributed by atoms with Gasteiger partial charge in [-0.1, -0.05) is 24.3 Å². The Morgan fingerprint density at radius 1 is 1.00 bits per heavy atom. The minimum atomic E-state index is -0.271. The molecule has 0 saturated carbocycles. The van der Waals surface area contributed by atoms with Crippen LogP contribution in [0.3, 0.4) is 0 Å². The molecular weight excluding hydrogens is 507 g/mol. The van der Waals surface area contributed by atoms with Gasteiger partial charge < -0.3 is 25.1 Å². The van der Waals surface area contributed by atoms with E-state index in [1.54, 1.807) is 26.3 Å². The predicted molar refractivity (Wildman–Crippen MR) is 133 cm³/mol. The molecule has 0 bridgehead atoms. The summed E-state index contributed by atoms with van der Waals surface area (Å²) in [6.45, 7) is 1.39. The lowest BCUT2D eigenvalue weighted by atomic mass is 10.1. The monoisotopic (exact) mass is 534 g/mol. The first-order valence-electron chi connectivity index (χ1n) is 9.69. The Morgan fingerprint density at radius 2 is 1.71 bits per heavy atom. The van der Waals surface area contributed by atoms with E-state index in [2.05, 4.69) is 33.1 Å². The molecule has 0 saturated heterocycles. The van der Waals surface area contributed by atoms with Crippen LogP contribution >= 0.6 is 24.0 Å². The SMILES string of the molecule is CN=C(NCCc1ccc(OC)cc1)NCc1ccc(NC(=O)c2ccco2)cc1.I. The molecule has 0 spiro atoms.